The fourth-order valence-corrected chi connectivity index (χ4v) is 2.27. The van der Waals surface area contributed by atoms with Gasteiger partial charge < -0.3 is 5.11 Å². The molecule has 0 fully saturated rings. The largest absolute Gasteiger partial charge is 0.394 e. The molecule has 0 spiro atoms. The Hall–Kier alpha value is -2.39. The number of rotatable bonds is 4. The van der Waals surface area contributed by atoms with Crippen LogP contribution in [0.1, 0.15) is 0 Å². The summed E-state index contributed by atoms with van der Waals surface area (Å²) in [6, 6.07) is 22.3. The highest BCUT2D eigenvalue weighted by atomic mass is 16.3. The number of aromatic nitrogens is 2. The van der Waals surface area contributed by atoms with Crippen LogP contribution in [-0.2, 0) is 6.54 Å². The summed E-state index contributed by atoms with van der Waals surface area (Å²) in [5.74, 6) is 0. The van der Waals surface area contributed by atoms with Gasteiger partial charge in [0.25, 0.3) is 0 Å². The topological polar surface area (TPSA) is 38.0 Å². The lowest BCUT2D eigenvalue weighted by atomic mass is 10.1. The van der Waals surface area contributed by atoms with Gasteiger partial charge in [0.1, 0.15) is 0 Å². The molecule has 0 aliphatic carbocycles. The van der Waals surface area contributed by atoms with Crippen molar-refractivity contribution >= 4 is 0 Å². The van der Waals surface area contributed by atoms with E-state index in [1.165, 1.54) is 0 Å². The number of hydrogen-bond donors (Lipinski definition) is 1. The van der Waals surface area contributed by atoms with Gasteiger partial charge in [0, 0.05) is 5.56 Å². The molecule has 0 saturated heterocycles. The van der Waals surface area contributed by atoms with Crippen LogP contribution in [0.3, 0.4) is 0 Å². The first-order valence-electron chi connectivity index (χ1n) is 6.68. The molecule has 20 heavy (non-hydrogen) atoms. The van der Waals surface area contributed by atoms with Crippen LogP contribution in [0, 0.1) is 0 Å². The first-order chi connectivity index (χ1) is 9.88. The molecule has 0 radical (unpaired) electrons. The van der Waals surface area contributed by atoms with Crippen LogP contribution in [0.4, 0.5) is 0 Å². The average molecular weight is 264 g/mol. The van der Waals surface area contributed by atoms with Crippen molar-refractivity contribution in [3.63, 3.8) is 0 Å². The smallest absolute Gasteiger partial charge is 0.0929 e. The fraction of sp³-hybridized carbons (Fsp3) is 0.118. The standard InChI is InChI=1S/C17H16N2O/c20-12-11-19-17(15-9-5-2-6-10-15)13-16(18-19)14-7-3-1-4-8-14/h1-10,13,20H,11-12H2. The zero-order chi connectivity index (χ0) is 13.8. The van der Waals surface area contributed by atoms with Crippen molar-refractivity contribution in [2.45, 2.75) is 6.54 Å². The lowest BCUT2D eigenvalue weighted by molar-refractivity contribution is 0.270. The lowest BCUT2D eigenvalue weighted by Gasteiger charge is -2.04. The molecular weight excluding hydrogens is 248 g/mol. The summed E-state index contributed by atoms with van der Waals surface area (Å²) in [5, 5.41) is 13.8. The second kappa shape index (κ2) is 5.72. The minimum Gasteiger partial charge on any atom is -0.394 e. The molecule has 3 rings (SSSR count). The molecule has 0 aliphatic rings. The van der Waals surface area contributed by atoms with E-state index in [0.29, 0.717) is 6.54 Å². The van der Waals surface area contributed by atoms with Gasteiger partial charge >= 0.3 is 0 Å². The van der Waals surface area contributed by atoms with Crippen LogP contribution in [0.15, 0.2) is 66.7 Å². The highest BCUT2D eigenvalue weighted by molar-refractivity contribution is 5.68. The summed E-state index contributed by atoms with van der Waals surface area (Å²) in [5.41, 5.74) is 4.15. The van der Waals surface area contributed by atoms with Gasteiger partial charge in [0.05, 0.1) is 24.5 Å². The van der Waals surface area contributed by atoms with Gasteiger partial charge in [0.15, 0.2) is 0 Å². The monoisotopic (exact) mass is 264 g/mol. The number of aliphatic hydroxyl groups excluding tert-OH is 1. The van der Waals surface area contributed by atoms with E-state index in [9.17, 15) is 5.11 Å². The van der Waals surface area contributed by atoms with E-state index in [0.717, 1.165) is 22.5 Å². The second-order valence-electron chi connectivity index (χ2n) is 4.59. The molecule has 1 heterocycles. The second-order valence-corrected chi connectivity index (χ2v) is 4.59. The number of hydrogen-bond acceptors (Lipinski definition) is 2. The summed E-state index contributed by atoms with van der Waals surface area (Å²) < 4.78 is 1.86. The van der Waals surface area contributed by atoms with E-state index < -0.39 is 0 Å². The Balaban J connectivity index is 2.08. The van der Waals surface area contributed by atoms with Gasteiger partial charge in [-0.3, -0.25) is 4.68 Å². The summed E-state index contributed by atoms with van der Waals surface area (Å²) in [6.07, 6.45) is 0. The van der Waals surface area contributed by atoms with Gasteiger partial charge in [-0.15, -0.1) is 0 Å². The van der Waals surface area contributed by atoms with Crippen molar-refractivity contribution in [3.8, 4) is 22.5 Å². The maximum Gasteiger partial charge on any atom is 0.0929 e. The van der Waals surface area contributed by atoms with E-state index >= 15 is 0 Å². The predicted molar refractivity (Wildman–Crippen MR) is 80.2 cm³/mol. The highest BCUT2D eigenvalue weighted by Gasteiger charge is 2.10. The van der Waals surface area contributed by atoms with Crippen LogP contribution in [0.5, 0.6) is 0 Å². The summed E-state index contributed by atoms with van der Waals surface area (Å²) >= 11 is 0. The van der Waals surface area contributed by atoms with Crippen LogP contribution >= 0.6 is 0 Å². The van der Waals surface area contributed by atoms with E-state index in [1.807, 2.05) is 53.2 Å². The van der Waals surface area contributed by atoms with E-state index in [1.54, 1.807) is 0 Å². The Labute approximate surface area is 118 Å². The van der Waals surface area contributed by atoms with Crippen molar-refractivity contribution in [1.82, 2.24) is 9.78 Å². The average Bonchev–Trinajstić information content (AvgIpc) is 2.94. The highest BCUT2D eigenvalue weighted by Crippen LogP contribution is 2.25. The molecule has 0 aliphatic heterocycles. The molecule has 3 nitrogen and oxygen atoms in total. The summed E-state index contributed by atoms with van der Waals surface area (Å²) in [7, 11) is 0. The van der Waals surface area contributed by atoms with Crippen LogP contribution < -0.4 is 0 Å². The Bertz CT molecular complexity index is 675. The molecule has 3 aromatic rings. The van der Waals surface area contributed by atoms with Crippen LogP contribution in [0.25, 0.3) is 22.5 Å². The molecule has 100 valence electrons. The molecule has 0 atom stereocenters. The zero-order valence-corrected chi connectivity index (χ0v) is 11.1. The number of benzene rings is 2. The minimum absolute atomic E-state index is 0.0791. The maximum atomic E-state index is 9.21. The Morgan fingerprint density at radius 3 is 2.05 bits per heavy atom. The number of aliphatic hydroxyl groups is 1. The summed E-state index contributed by atoms with van der Waals surface area (Å²) in [4.78, 5) is 0. The first-order valence-corrected chi connectivity index (χ1v) is 6.68. The Kier molecular flexibility index (Phi) is 3.61. The Morgan fingerprint density at radius 1 is 0.850 bits per heavy atom. The van der Waals surface area contributed by atoms with E-state index in [2.05, 4.69) is 23.3 Å². The molecule has 3 heteroatoms. The molecule has 0 unspecified atom stereocenters. The third-order valence-corrected chi connectivity index (χ3v) is 3.23. The molecular formula is C17H16N2O. The van der Waals surface area contributed by atoms with Gasteiger partial charge in [-0.1, -0.05) is 60.7 Å². The number of nitrogens with zero attached hydrogens (tertiary/aromatic N) is 2. The van der Waals surface area contributed by atoms with Crippen LogP contribution in [-0.4, -0.2) is 21.5 Å². The molecule has 1 N–H and O–H groups in total. The summed E-state index contributed by atoms with van der Waals surface area (Å²) in [6.45, 7) is 0.576. The van der Waals surface area contributed by atoms with Gasteiger partial charge in [-0.05, 0) is 11.6 Å². The molecule has 1 aromatic heterocycles. The molecule has 0 saturated carbocycles. The quantitative estimate of drug-likeness (QED) is 0.785. The molecule has 0 amide bonds. The minimum atomic E-state index is 0.0791. The third-order valence-electron chi connectivity index (χ3n) is 3.23. The van der Waals surface area contributed by atoms with Crippen molar-refractivity contribution < 1.29 is 5.11 Å². The lowest BCUT2D eigenvalue weighted by Crippen LogP contribution is -2.05. The Morgan fingerprint density at radius 2 is 1.45 bits per heavy atom. The van der Waals surface area contributed by atoms with Gasteiger partial charge in [-0.25, -0.2) is 0 Å². The molecule has 0 bridgehead atoms. The van der Waals surface area contributed by atoms with Gasteiger partial charge in [0.2, 0.25) is 0 Å². The zero-order valence-electron chi connectivity index (χ0n) is 11.1. The van der Waals surface area contributed by atoms with Gasteiger partial charge in [-0.2, -0.15) is 5.10 Å². The van der Waals surface area contributed by atoms with E-state index in [4.69, 9.17) is 0 Å². The third kappa shape index (κ3) is 2.49. The SMILES string of the molecule is OCCn1nc(-c2ccccc2)cc1-c1ccccc1. The van der Waals surface area contributed by atoms with Crippen molar-refractivity contribution in [2.75, 3.05) is 6.61 Å². The van der Waals surface area contributed by atoms with E-state index in [-0.39, 0.29) is 6.61 Å². The normalized spacial score (nSPS) is 10.7. The van der Waals surface area contributed by atoms with Crippen LogP contribution in [0.2, 0.25) is 0 Å². The molecule has 2 aromatic carbocycles. The maximum absolute atomic E-state index is 9.21. The predicted octanol–water partition coefficient (Wildman–Crippen LogP) is 3.21. The van der Waals surface area contributed by atoms with Crippen molar-refractivity contribution in [3.05, 3.63) is 66.7 Å². The van der Waals surface area contributed by atoms with Crippen molar-refractivity contribution in [1.29, 1.82) is 0 Å². The first kappa shape index (κ1) is 12.6. The van der Waals surface area contributed by atoms with Crippen molar-refractivity contribution in [2.24, 2.45) is 0 Å². The fourth-order valence-electron chi connectivity index (χ4n) is 2.27.